The number of nitrogens with zero attached hydrogens (tertiary/aromatic N) is 3. The first-order valence-corrected chi connectivity index (χ1v) is 11.8. The highest BCUT2D eigenvalue weighted by atomic mass is 127. The average Bonchev–Trinajstić information content (AvgIpc) is 3.15. The number of ether oxygens (including phenoxy) is 1. The lowest BCUT2D eigenvalue weighted by atomic mass is 10.2. The molecule has 1 saturated heterocycles. The van der Waals surface area contributed by atoms with Crippen LogP contribution in [0.2, 0.25) is 0 Å². The molecule has 0 atom stereocenters. The number of aromatic nitrogens is 1. The second-order valence-electron chi connectivity index (χ2n) is 8.20. The minimum atomic E-state index is -3.07. The summed E-state index contributed by atoms with van der Waals surface area (Å²) < 4.78 is 29.6. The molecule has 1 N–H and O–H groups in total. The van der Waals surface area contributed by atoms with Gasteiger partial charge >= 0.3 is 0 Å². The number of rotatable bonds is 5. The summed E-state index contributed by atoms with van der Waals surface area (Å²) in [6.07, 6.45) is 6.81. The Morgan fingerprint density at radius 1 is 1.34 bits per heavy atom. The number of nitrogens with one attached hydrogen (secondary N) is 1. The number of guanidine groups is 1. The summed E-state index contributed by atoms with van der Waals surface area (Å²) >= 11 is 0. The van der Waals surface area contributed by atoms with Crippen LogP contribution >= 0.6 is 24.0 Å². The van der Waals surface area contributed by atoms with Crippen LogP contribution < -0.4 is 10.1 Å². The summed E-state index contributed by atoms with van der Waals surface area (Å²) in [5.74, 6) is 1.57. The minimum absolute atomic E-state index is 0. The van der Waals surface area contributed by atoms with Crippen molar-refractivity contribution in [1.29, 1.82) is 0 Å². The maximum atomic E-state index is 12.3. The molecule has 0 bridgehead atoms. The molecule has 2 aliphatic rings. The number of halogens is 1. The van der Waals surface area contributed by atoms with Crippen molar-refractivity contribution < 1.29 is 13.2 Å². The van der Waals surface area contributed by atoms with Crippen molar-refractivity contribution in [2.75, 3.05) is 25.4 Å². The van der Waals surface area contributed by atoms with E-state index in [1.54, 1.807) is 13.8 Å². The quantitative estimate of drug-likeness (QED) is 0.354. The van der Waals surface area contributed by atoms with Gasteiger partial charge in [-0.25, -0.2) is 18.4 Å². The first-order valence-electron chi connectivity index (χ1n) is 10.2. The van der Waals surface area contributed by atoms with Crippen LogP contribution in [0.25, 0.3) is 0 Å². The first-order chi connectivity index (χ1) is 13.3. The van der Waals surface area contributed by atoms with Gasteiger partial charge in [-0.1, -0.05) is 6.07 Å². The minimum Gasteiger partial charge on any atom is -0.474 e. The van der Waals surface area contributed by atoms with Crippen molar-refractivity contribution in [3.8, 4) is 5.88 Å². The maximum Gasteiger partial charge on any atom is 0.213 e. The summed E-state index contributed by atoms with van der Waals surface area (Å²) in [6, 6.07) is 3.90. The van der Waals surface area contributed by atoms with Gasteiger partial charge in [0.1, 0.15) is 6.10 Å². The number of aliphatic imine (C=N–C) groups is 1. The Balaban J connectivity index is 0.00000300. The zero-order valence-corrected chi connectivity index (χ0v) is 20.7. The van der Waals surface area contributed by atoms with Crippen LogP contribution in [-0.2, 0) is 16.4 Å². The Kier molecular flexibility index (Phi) is 8.57. The van der Waals surface area contributed by atoms with Crippen molar-refractivity contribution in [1.82, 2.24) is 15.2 Å². The Morgan fingerprint density at radius 2 is 2.07 bits per heavy atom. The fraction of sp³-hybridized carbons (Fsp3) is 0.700. The molecule has 1 aromatic heterocycles. The van der Waals surface area contributed by atoms with E-state index in [-0.39, 0.29) is 29.7 Å². The standard InChI is InChI=1S/C20H32N4O3S.HI/c1-4-21-19(24-11-12-28(25,26)20(2,3)15-24)23-14-16-9-10-18(22-13-16)27-17-7-5-6-8-17;/h9-10,13,17H,4-8,11-12,14-15H2,1-3H3,(H,21,23);1H. The van der Waals surface area contributed by atoms with E-state index in [1.165, 1.54) is 12.8 Å². The summed E-state index contributed by atoms with van der Waals surface area (Å²) in [4.78, 5) is 11.2. The van der Waals surface area contributed by atoms with Crippen LogP contribution in [0.1, 0.15) is 52.0 Å². The van der Waals surface area contributed by atoms with Crippen molar-refractivity contribution in [3.05, 3.63) is 23.9 Å². The van der Waals surface area contributed by atoms with Crippen LogP contribution in [0, 0.1) is 0 Å². The van der Waals surface area contributed by atoms with Crippen molar-refractivity contribution in [2.45, 2.75) is 63.9 Å². The Hall–Kier alpha value is -1.10. The Morgan fingerprint density at radius 3 is 2.66 bits per heavy atom. The van der Waals surface area contributed by atoms with Gasteiger partial charge in [0.05, 0.1) is 17.0 Å². The molecule has 1 aliphatic heterocycles. The fourth-order valence-electron chi connectivity index (χ4n) is 3.67. The Bertz CT molecular complexity index is 790. The zero-order valence-electron chi connectivity index (χ0n) is 17.6. The van der Waals surface area contributed by atoms with Crippen LogP contribution in [0.5, 0.6) is 5.88 Å². The zero-order chi connectivity index (χ0) is 20.2. The number of hydrogen-bond donors (Lipinski definition) is 1. The van der Waals surface area contributed by atoms with Crippen LogP contribution in [0.4, 0.5) is 0 Å². The summed E-state index contributed by atoms with van der Waals surface area (Å²) in [7, 11) is -3.07. The van der Waals surface area contributed by atoms with E-state index >= 15 is 0 Å². The van der Waals surface area contributed by atoms with Gasteiger partial charge < -0.3 is 15.0 Å². The van der Waals surface area contributed by atoms with Gasteiger partial charge in [0, 0.05) is 31.9 Å². The maximum absolute atomic E-state index is 12.3. The molecule has 1 aliphatic carbocycles. The lowest BCUT2D eigenvalue weighted by Crippen LogP contribution is -2.57. The average molecular weight is 536 g/mol. The molecular weight excluding hydrogens is 503 g/mol. The SMILES string of the molecule is CCNC(=NCc1ccc(OC2CCCC2)nc1)N1CCS(=O)(=O)C(C)(C)C1.I. The third-order valence-corrected chi connectivity index (χ3v) is 8.01. The van der Waals surface area contributed by atoms with E-state index in [9.17, 15) is 8.42 Å². The molecular formula is C20H33IN4O3S. The molecule has 3 rings (SSSR count). The molecule has 2 heterocycles. The molecule has 0 amide bonds. The van der Waals surface area contributed by atoms with Crippen LogP contribution in [0.3, 0.4) is 0 Å². The highest BCUT2D eigenvalue weighted by Crippen LogP contribution is 2.24. The number of pyridine rings is 1. The normalized spacial score (nSPS) is 21.5. The van der Waals surface area contributed by atoms with Gasteiger partial charge in [-0.2, -0.15) is 0 Å². The van der Waals surface area contributed by atoms with E-state index in [4.69, 9.17) is 9.73 Å². The van der Waals surface area contributed by atoms with Crippen molar-refractivity contribution in [3.63, 3.8) is 0 Å². The van der Waals surface area contributed by atoms with Crippen LogP contribution in [0.15, 0.2) is 23.3 Å². The number of hydrogen-bond acceptors (Lipinski definition) is 5. The van der Waals surface area contributed by atoms with E-state index in [0.717, 1.165) is 30.9 Å². The summed E-state index contributed by atoms with van der Waals surface area (Å²) in [5, 5.41) is 3.28. The molecule has 1 aromatic rings. The first kappa shape index (κ1) is 24.2. The molecule has 1 saturated carbocycles. The third-order valence-electron chi connectivity index (χ3n) is 5.48. The topological polar surface area (TPSA) is 83.9 Å². The molecule has 0 aromatic carbocycles. The molecule has 29 heavy (non-hydrogen) atoms. The smallest absolute Gasteiger partial charge is 0.213 e. The molecule has 0 unspecified atom stereocenters. The van der Waals surface area contributed by atoms with Gasteiger partial charge in [-0.15, -0.1) is 24.0 Å². The molecule has 7 nitrogen and oxygen atoms in total. The predicted molar refractivity (Wildman–Crippen MR) is 127 cm³/mol. The second-order valence-corrected chi connectivity index (χ2v) is 10.9. The largest absolute Gasteiger partial charge is 0.474 e. The monoisotopic (exact) mass is 536 g/mol. The molecule has 2 fully saturated rings. The Labute approximate surface area is 191 Å². The van der Waals surface area contributed by atoms with Crippen molar-refractivity contribution >= 4 is 39.8 Å². The summed E-state index contributed by atoms with van der Waals surface area (Å²) in [5.41, 5.74) is 0.998. The van der Waals surface area contributed by atoms with E-state index < -0.39 is 14.6 Å². The molecule has 0 radical (unpaired) electrons. The van der Waals surface area contributed by atoms with Gasteiger partial charge in [-0.3, -0.25) is 0 Å². The van der Waals surface area contributed by atoms with Crippen molar-refractivity contribution in [2.24, 2.45) is 4.99 Å². The second kappa shape index (κ2) is 10.3. The van der Waals surface area contributed by atoms with Gasteiger partial charge in [0.2, 0.25) is 5.88 Å². The van der Waals surface area contributed by atoms with Gasteiger partial charge in [-0.05, 0) is 52.0 Å². The van der Waals surface area contributed by atoms with E-state index in [2.05, 4.69) is 10.3 Å². The fourth-order valence-corrected chi connectivity index (χ4v) is 5.03. The molecule has 9 heteroatoms. The van der Waals surface area contributed by atoms with Gasteiger partial charge in [0.15, 0.2) is 15.8 Å². The number of sulfone groups is 1. The van der Waals surface area contributed by atoms with E-state index in [1.807, 2.05) is 30.2 Å². The van der Waals surface area contributed by atoms with Gasteiger partial charge in [0.25, 0.3) is 0 Å². The predicted octanol–water partition coefficient (Wildman–Crippen LogP) is 3.00. The lowest BCUT2D eigenvalue weighted by Gasteiger charge is -2.39. The summed E-state index contributed by atoms with van der Waals surface area (Å²) in [6.45, 7) is 7.70. The van der Waals surface area contributed by atoms with Crippen LogP contribution in [-0.4, -0.2) is 60.5 Å². The lowest BCUT2D eigenvalue weighted by molar-refractivity contribution is 0.201. The molecule has 164 valence electrons. The molecule has 0 spiro atoms. The third kappa shape index (κ3) is 6.19. The van der Waals surface area contributed by atoms with E-state index in [0.29, 0.717) is 31.6 Å². The highest BCUT2D eigenvalue weighted by molar-refractivity contribution is 14.0. The highest BCUT2D eigenvalue weighted by Gasteiger charge is 2.40.